The van der Waals surface area contributed by atoms with Gasteiger partial charge in [-0.3, -0.25) is 4.90 Å². The number of carbonyl (C=O) groups is 2. The van der Waals surface area contributed by atoms with Gasteiger partial charge in [-0.25, -0.2) is 9.59 Å². The minimum absolute atomic E-state index is 0.201. The van der Waals surface area contributed by atoms with Gasteiger partial charge < -0.3 is 14.6 Å². The van der Waals surface area contributed by atoms with Gasteiger partial charge in [0.15, 0.2) is 0 Å². The molecule has 0 aliphatic carbocycles. The zero-order chi connectivity index (χ0) is 23.2. The number of carbonyl (C=O) groups excluding carboxylic acids is 1. The molecule has 29 heavy (non-hydrogen) atoms. The van der Waals surface area contributed by atoms with E-state index < -0.39 is 66.9 Å². The lowest BCUT2D eigenvalue weighted by Gasteiger charge is -2.39. The number of amides is 1. The first kappa shape index (κ1) is 25.1. The maximum Gasteiger partial charge on any atom is 0.435 e. The topological polar surface area (TPSA) is 76.1 Å². The number of alkyl halides is 9. The standard InChI is InChI=1S/C14H16F9NO5/c1-10(2,3)29-9(27)24-5-6(4-7(24)8(25)26)28-11(12(15,16)17,13(18,19)20)14(21,22)23/h6-7H,4-5H2,1-3H3,(H,25,26)/t6-,7+/m1/s1. The van der Waals surface area contributed by atoms with E-state index in [2.05, 4.69) is 4.74 Å². The number of aliphatic carboxylic acids is 1. The van der Waals surface area contributed by atoms with Gasteiger partial charge in [-0.15, -0.1) is 0 Å². The van der Waals surface area contributed by atoms with E-state index in [9.17, 15) is 49.1 Å². The fourth-order valence-corrected chi connectivity index (χ4v) is 2.57. The minimum Gasteiger partial charge on any atom is -0.480 e. The summed E-state index contributed by atoms with van der Waals surface area (Å²) in [4.78, 5) is 23.4. The van der Waals surface area contributed by atoms with Crippen molar-refractivity contribution in [2.75, 3.05) is 6.54 Å². The number of carboxylic acids is 1. The van der Waals surface area contributed by atoms with Crippen LogP contribution in [0.4, 0.5) is 44.3 Å². The summed E-state index contributed by atoms with van der Waals surface area (Å²) in [5.74, 6) is -1.88. The first-order chi connectivity index (χ1) is 12.6. The molecule has 1 aliphatic heterocycles. The van der Waals surface area contributed by atoms with Gasteiger partial charge in [-0.1, -0.05) is 0 Å². The highest BCUT2D eigenvalue weighted by Crippen LogP contribution is 2.55. The number of halogens is 9. The Bertz CT molecular complexity index is 599. The highest BCUT2D eigenvalue weighted by molar-refractivity contribution is 5.81. The molecule has 6 nitrogen and oxygen atoms in total. The summed E-state index contributed by atoms with van der Waals surface area (Å²) in [6, 6.07) is -2.05. The van der Waals surface area contributed by atoms with Crippen LogP contribution in [0.3, 0.4) is 0 Å². The normalized spacial score (nSPS) is 22.0. The van der Waals surface area contributed by atoms with E-state index in [1.54, 1.807) is 0 Å². The molecule has 170 valence electrons. The summed E-state index contributed by atoms with van der Waals surface area (Å²) >= 11 is 0. The number of carboxylic acid groups (broad SMARTS) is 1. The van der Waals surface area contributed by atoms with E-state index in [0.29, 0.717) is 0 Å². The van der Waals surface area contributed by atoms with Crippen LogP contribution in [0.15, 0.2) is 0 Å². The van der Waals surface area contributed by atoms with Crippen LogP contribution in [-0.2, 0) is 14.3 Å². The molecule has 2 atom stereocenters. The van der Waals surface area contributed by atoms with Gasteiger partial charge in [0.2, 0.25) is 0 Å². The summed E-state index contributed by atoms with van der Waals surface area (Å²) in [6.07, 6.45) is -26.2. The van der Waals surface area contributed by atoms with E-state index >= 15 is 0 Å². The molecule has 0 aromatic rings. The fourth-order valence-electron chi connectivity index (χ4n) is 2.57. The Kier molecular flexibility index (Phi) is 6.40. The fraction of sp³-hybridized carbons (Fsp3) is 0.857. The second kappa shape index (κ2) is 7.40. The average Bonchev–Trinajstić information content (AvgIpc) is 2.82. The summed E-state index contributed by atoms with van der Waals surface area (Å²) in [5, 5.41) is 9.05. The van der Waals surface area contributed by atoms with E-state index in [-0.39, 0.29) is 4.90 Å². The van der Waals surface area contributed by atoms with E-state index in [1.165, 1.54) is 20.8 Å². The molecule has 0 aromatic carbocycles. The third-order valence-corrected chi connectivity index (χ3v) is 3.72. The number of nitrogens with zero attached hydrogens (tertiary/aromatic N) is 1. The summed E-state index contributed by atoms with van der Waals surface area (Å²) in [5.41, 5.74) is -7.79. The van der Waals surface area contributed by atoms with Crippen molar-refractivity contribution in [1.29, 1.82) is 0 Å². The highest BCUT2D eigenvalue weighted by atomic mass is 19.4. The lowest BCUT2D eigenvalue weighted by atomic mass is 10.0. The van der Waals surface area contributed by atoms with Crippen LogP contribution in [0, 0.1) is 0 Å². The molecule has 0 saturated carbocycles. The molecular formula is C14H16F9NO5. The van der Waals surface area contributed by atoms with Crippen molar-refractivity contribution < 1.29 is 63.7 Å². The maximum atomic E-state index is 13.0. The van der Waals surface area contributed by atoms with Crippen molar-refractivity contribution in [2.45, 2.75) is 69.1 Å². The molecule has 1 heterocycles. The summed E-state index contributed by atoms with van der Waals surface area (Å²) in [6.45, 7) is 2.68. The van der Waals surface area contributed by atoms with Crippen molar-refractivity contribution in [3.63, 3.8) is 0 Å². The van der Waals surface area contributed by atoms with Gasteiger partial charge in [-0.2, -0.15) is 39.5 Å². The lowest BCUT2D eigenvalue weighted by Crippen LogP contribution is -2.68. The number of hydrogen-bond donors (Lipinski definition) is 1. The smallest absolute Gasteiger partial charge is 0.435 e. The zero-order valence-electron chi connectivity index (χ0n) is 15.0. The van der Waals surface area contributed by atoms with Crippen LogP contribution in [0.25, 0.3) is 0 Å². The van der Waals surface area contributed by atoms with E-state index in [1.807, 2.05) is 0 Å². The Labute approximate surface area is 157 Å². The molecule has 0 radical (unpaired) electrons. The van der Waals surface area contributed by atoms with Crippen LogP contribution >= 0.6 is 0 Å². The molecule has 1 rings (SSSR count). The minimum atomic E-state index is -6.97. The molecule has 0 aromatic heterocycles. The second-order valence-corrected chi connectivity index (χ2v) is 7.14. The average molecular weight is 449 g/mol. The van der Waals surface area contributed by atoms with Gasteiger partial charge in [-0.05, 0) is 20.8 Å². The van der Waals surface area contributed by atoms with Gasteiger partial charge in [0.1, 0.15) is 11.6 Å². The molecule has 0 bridgehead atoms. The third kappa shape index (κ3) is 4.98. The van der Waals surface area contributed by atoms with Crippen molar-refractivity contribution in [2.24, 2.45) is 0 Å². The quantitative estimate of drug-likeness (QED) is 0.662. The van der Waals surface area contributed by atoms with Crippen LogP contribution < -0.4 is 0 Å². The zero-order valence-corrected chi connectivity index (χ0v) is 15.0. The SMILES string of the molecule is CC(C)(C)OC(=O)N1C[C@H](OC(C(F)(F)F)(C(F)(F)F)C(F)(F)F)C[C@H]1C(=O)O. The predicted molar refractivity (Wildman–Crippen MR) is 74.7 cm³/mol. The molecular weight excluding hydrogens is 433 g/mol. The van der Waals surface area contributed by atoms with Crippen LogP contribution in [0.5, 0.6) is 0 Å². The van der Waals surface area contributed by atoms with E-state index in [4.69, 9.17) is 9.84 Å². The van der Waals surface area contributed by atoms with Crippen LogP contribution in [0.2, 0.25) is 0 Å². The summed E-state index contributed by atoms with van der Waals surface area (Å²) in [7, 11) is 0. The molecule has 1 saturated heterocycles. The molecule has 1 amide bonds. The van der Waals surface area contributed by atoms with Crippen molar-refractivity contribution in [3.8, 4) is 0 Å². The van der Waals surface area contributed by atoms with Gasteiger partial charge in [0, 0.05) is 6.42 Å². The number of ether oxygens (including phenoxy) is 2. The monoisotopic (exact) mass is 449 g/mol. The Morgan fingerprint density at radius 2 is 1.31 bits per heavy atom. The second-order valence-electron chi connectivity index (χ2n) is 7.14. The van der Waals surface area contributed by atoms with Crippen molar-refractivity contribution in [1.82, 2.24) is 4.90 Å². The first-order valence-electron chi connectivity index (χ1n) is 7.74. The number of hydrogen-bond acceptors (Lipinski definition) is 4. The van der Waals surface area contributed by atoms with Crippen LogP contribution in [-0.4, -0.2) is 70.5 Å². The largest absolute Gasteiger partial charge is 0.480 e. The molecule has 1 fully saturated rings. The van der Waals surface area contributed by atoms with Gasteiger partial charge >= 0.3 is 36.2 Å². The predicted octanol–water partition coefficient (Wildman–Crippen LogP) is 3.89. The van der Waals surface area contributed by atoms with Crippen molar-refractivity contribution >= 4 is 12.1 Å². The Morgan fingerprint density at radius 1 is 0.897 bits per heavy atom. The molecule has 0 spiro atoms. The van der Waals surface area contributed by atoms with Gasteiger partial charge in [0.05, 0.1) is 12.6 Å². The highest BCUT2D eigenvalue weighted by Gasteiger charge is 2.86. The third-order valence-electron chi connectivity index (χ3n) is 3.72. The molecule has 1 aliphatic rings. The molecule has 0 unspecified atom stereocenters. The van der Waals surface area contributed by atoms with Crippen molar-refractivity contribution in [3.05, 3.63) is 0 Å². The lowest BCUT2D eigenvalue weighted by molar-refractivity contribution is -0.463. The number of rotatable bonds is 3. The molecule has 1 N–H and O–H groups in total. The Balaban J connectivity index is 3.32. The van der Waals surface area contributed by atoms with Crippen LogP contribution in [0.1, 0.15) is 27.2 Å². The van der Waals surface area contributed by atoms with E-state index in [0.717, 1.165) is 0 Å². The van der Waals surface area contributed by atoms with Gasteiger partial charge in [0.25, 0.3) is 0 Å². The maximum absolute atomic E-state index is 13.0. The Morgan fingerprint density at radius 3 is 1.62 bits per heavy atom. The number of likely N-dealkylation sites (tertiary alicyclic amines) is 1. The molecule has 15 heteroatoms. The summed E-state index contributed by atoms with van der Waals surface area (Å²) < 4.78 is 125. The first-order valence-corrected chi connectivity index (χ1v) is 7.74. The Hall–Kier alpha value is -1.93.